The van der Waals surface area contributed by atoms with E-state index in [0.717, 1.165) is 18.2 Å². The zero-order chi connectivity index (χ0) is 22.9. The molecule has 2 N–H and O–H groups in total. The van der Waals surface area contributed by atoms with Crippen molar-refractivity contribution in [2.24, 2.45) is 0 Å². The molecule has 10 nitrogen and oxygen atoms in total. The molecule has 1 fully saturated rings. The molecule has 1 aromatic carbocycles. The number of rotatable bonds is 6. The second-order valence-corrected chi connectivity index (χ2v) is 9.06. The summed E-state index contributed by atoms with van der Waals surface area (Å²) in [6.07, 6.45) is 1.39. The number of methoxy groups -OCH3 is 1. The minimum atomic E-state index is -3.46. The number of benzene rings is 1. The zero-order valence-electron chi connectivity index (χ0n) is 19.6. The summed E-state index contributed by atoms with van der Waals surface area (Å²) >= 11 is 1.00. The number of hydrogen-bond acceptors (Lipinski definition) is 9. The maximum Gasteiger partial charge on any atom is 1.00 e. The van der Waals surface area contributed by atoms with Crippen molar-refractivity contribution in [3.05, 3.63) is 23.3 Å². The fourth-order valence-corrected chi connectivity index (χ4v) is 5.08. The maximum absolute atomic E-state index is 12.7. The largest absolute Gasteiger partial charge is 1.00 e. The standard InChI is InChI=1S/C19H26BN2O8S.2Na/c1-21(2)18(24)12-5-4-8-22(12)15(23)10-31-14-9-11-6-7-13(29-3)16(19(25)26)17(11)30-20(14,27)28;;/h6-7,12,14,27-28H,4-5,8-10H2,1-3H3,(H,25,26);;/q-1;2*+1/p-1/t12?,14-;;/m0../s1. The SMILES string of the molecule is COc1ccc2c(c1C(=O)[O-])O[B-](O)(O)[C@@H](SCC(=O)N1CCCC1C(=O)N(C)C)C2.[Na+].[Na+]. The van der Waals surface area contributed by atoms with Gasteiger partial charge >= 0.3 is 65.9 Å². The Kier molecular flexibility index (Phi) is 11.6. The van der Waals surface area contributed by atoms with E-state index in [1.165, 1.54) is 23.0 Å². The number of nitrogens with zero attached hydrogens (tertiary/aromatic N) is 2. The van der Waals surface area contributed by atoms with Crippen molar-refractivity contribution >= 4 is 36.3 Å². The van der Waals surface area contributed by atoms with Crippen LogP contribution in [0.4, 0.5) is 0 Å². The number of aromatic carboxylic acids is 1. The molecule has 1 saturated heterocycles. The molecule has 2 aliphatic rings. The molecule has 0 aliphatic carbocycles. The smallest absolute Gasteiger partial charge is 0.669 e. The third-order valence-electron chi connectivity index (χ3n) is 5.54. The van der Waals surface area contributed by atoms with Crippen molar-refractivity contribution in [3.8, 4) is 11.5 Å². The average Bonchev–Trinajstić information content (AvgIpc) is 3.19. The van der Waals surface area contributed by atoms with Gasteiger partial charge in [-0.2, -0.15) is 11.8 Å². The predicted octanol–water partition coefficient (Wildman–Crippen LogP) is -7.35. The van der Waals surface area contributed by atoms with Gasteiger partial charge in [0.1, 0.15) is 11.8 Å². The van der Waals surface area contributed by atoms with E-state index in [2.05, 4.69) is 0 Å². The first-order chi connectivity index (χ1) is 14.6. The Morgan fingerprint density at radius 1 is 1.30 bits per heavy atom. The quantitative estimate of drug-likeness (QED) is 0.366. The zero-order valence-corrected chi connectivity index (χ0v) is 24.4. The van der Waals surface area contributed by atoms with Crippen LogP contribution >= 0.6 is 11.8 Å². The molecule has 33 heavy (non-hydrogen) atoms. The van der Waals surface area contributed by atoms with Gasteiger partial charge in [-0.3, -0.25) is 9.59 Å². The van der Waals surface area contributed by atoms with Crippen molar-refractivity contribution in [1.29, 1.82) is 0 Å². The summed E-state index contributed by atoms with van der Waals surface area (Å²) in [7, 11) is 4.56. The van der Waals surface area contributed by atoms with E-state index in [0.29, 0.717) is 18.5 Å². The Morgan fingerprint density at radius 3 is 2.55 bits per heavy atom. The Labute approximate surface area is 240 Å². The van der Waals surface area contributed by atoms with Crippen molar-refractivity contribution in [1.82, 2.24) is 9.80 Å². The summed E-state index contributed by atoms with van der Waals surface area (Å²) in [6, 6.07) is 2.51. The van der Waals surface area contributed by atoms with Gasteiger partial charge in [-0.15, -0.1) is 0 Å². The molecule has 2 aliphatic heterocycles. The molecular weight excluding hydrogens is 473 g/mol. The van der Waals surface area contributed by atoms with Crippen LogP contribution in [0.1, 0.15) is 28.8 Å². The molecule has 1 unspecified atom stereocenters. The van der Waals surface area contributed by atoms with Crippen LogP contribution in [0.5, 0.6) is 11.5 Å². The number of ether oxygens (including phenoxy) is 1. The van der Waals surface area contributed by atoms with Crippen molar-refractivity contribution in [2.75, 3.05) is 33.5 Å². The van der Waals surface area contributed by atoms with E-state index in [1.54, 1.807) is 20.2 Å². The number of likely N-dealkylation sites (tertiary alicyclic amines) is 1. The minimum absolute atomic E-state index is 0. The number of carboxylic acid groups (broad SMARTS) is 1. The van der Waals surface area contributed by atoms with Crippen LogP contribution in [-0.4, -0.2) is 89.1 Å². The number of hydrogen-bond donors (Lipinski definition) is 2. The van der Waals surface area contributed by atoms with Crippen LogP contribution < -0.4 is 73.6 Å². The van der Waals surface area contributed by atoms with E-state index in [9.17, 15) is 29.5 Å². The van der Waals surface area contributed by atoms with Gasteiger partial charge in [0, 0.05) is 20.6 Å². The molecule has 0 saturated carbocycles. The first-order valence-electron chi connectivity index (χ1n) is 9.88. The second kappa shape index (κ2) is 12.5. The fraction of sp³-hybridized carbons (Fsp3) is 0.526. The van der Waals surface area contributed by atoms with Crippen LogP contribution in [0.15, 0.2) is 12.1 Å². The number of carboxylic acids is 1. The van der Waals surface area contributed by atoms with Crippen molar-refractivity contribution in [2.45, 2.75) is 30.5 Å². The summed E-state index contributed by atoms with van der Waals surface area (Å²) in [5.74, 6) is -2.27. The predicted molar refractivity (Wildman–Crippen MR) is 112 cm³/mol. The van der Waals surface area contributed by atoms with Crippen molar-refractivity contribution in [3.63, 3.8) is 0 Å². The summed E-state index contributed by atoms with van der Waals surface area (Å²) < 4.78 is 10.3. The molecule has 0 radical (unpaired) electrons. The summed E-state index contributed by atoms with van der Waals surface area (Å²) in [5.41, 5.74) is 0.0448. The van der Waals surface area contributed by atoms with Gasteiger partial charge in [0.15, 0.2) is 0 Å². The molecule has 2 atom stereocenters. The van der Waals surface area contributed by atoms with E-state index in [1.807, 2.05) is 0 Å². The topological polar surface area (TPSA) is 140 Å². The first-order valence-corrected chi connectivity index (χ1v) is 10.9. The molecule has 0 spiro atoms. The molecule has 2 heterocycles. The van der Waals surface area contributed by atoms with Crippen LogP contribution in [0.25, 0.3) is 0 Å². The van der Waals surface area contributed by atoms with Gasteiger partial charge in [0.05, 0.1) is 30.1 Å². The van der Waals surface area contributed by atoms with Crippen molar-refractivity contribution < 1.29 is 98.0 Å². The molecule has 0 aromatic heterocycles. The van der Waals surface area contributed by atoms with Gasteiger partial charge in [-0.1, -0.05) is 6.07 Å². The van der Waals surface area contributed by atoms with Gasteiger partial charge in [-0.05, 0) is 36.0 Å². The summed E-state index contributed by atoms with van der Waals surface area (Å²) in [4.78, 5) is 39.6. The van der Waals surface area contributed by atoms with Crippen LogP contribution in [0, 0.1) is 0 Å². The molecule has 14 heteroatoms. The first kappa shape index (κ1) is 30.6. The second-order valence-electron chi connectivity index (χ2n) is 7.83. The molecule has 2 amide bonds. The van der Waals surface area contributed by atoms with Crippen LogP contribution in [0.2, 0.25) is 0 Å². The third-order valence-corrected chi connectivity index (χ3v) is 6.90. The average molecular weight is 498 g/mol. The van der Waals surface area contributed by atoms with E-state index >= 15 is 0 Å². The maximum atomic E-state index is 12.7. The molecule has 170 valence electrons. The normalized spacial score (nSPS) is 20.5. The summed E-state index contributed by atoms with van der Waals surface area (Å²) in [6.45, 7) is -2.99. The Bertz CT molecular complexity index is 905. The fourth-order valence-electron chi connectivity index (χ4n) is 3.95. The number of carbonyl (C=O) groups excluding carboxylic acids is 3. The Morgan fingerprint density at radius 2 is 1.97 bits per heavy atom. The molecule has 0 bridgehead atoms. The number of amides is 2. The van der Waals surface area contributed by atoms with E-state index < -0.39 is 29.5 Å². The van der Waals surface area contributed by atoms with Gasteiger partial charge in [0.2, 0.25) is 11.8 Å². The third kappa shape index (κ3) is 6.62. The van der Waals surface area contributed by atoms with Crippen LogP contribution in [-0.2, 0) is 16.0 Å². The molecule has 1 aromatic rings. The van der Waals surface area contributed by atoms with Gasteiger partial charge < -0.3 is 39.1 Å². The molecular formula is C19H25BN2Na2O8S. The van der Waals surface area contributed by atoms with Gasteiger partial charge in [-0.25, -0.2) is 0 Å². The van der Waals surface area contributed by atoms with Gasteiger partial charge in [0.25, 0.3) is 0 Å². The van der Waals surface area contributed by atoms with Crippen LogP contribution in [0.3, 0.4) is 0 Å². The van der Waals surface area contributed by atoms with E-state index in [-0.39, 0.29) is 94.6 Å². The number of likely N-dealkylation sites (N-methyl/N-ethyl adjacent to an activating group) is 1. The number of carbonyl (C=O) groups is 3. The Hall–Kier alpha value is -0.435. The monoisotopic (exact) mass is 498 g/mol. The number of fused-ring (bicyclic) bond motifs is 1. The Balaban J connectivity index is 0.00000272. The number of thioether (sulfide) groups is 1. The molecule has 3 rings (SSSR count). The van der Waals surface area contributed by atoms with E-state index in [4.69, 9.17) is 9.39 Å². The minimum Gasteiger partial charge on any atom is -0.669 e. The summed E-state index contributed by atoms with van der Waals surface area (Å²) in [5, 5.41) is 31.6.